The average molecular weight is 529 g/mol. The van der Waals surface area contributed by atoms with Gasteiger partial charge in [-0.25, -0.2) is 4.79 Å². The van der Waals surface area contributed by atoms with Gasteiger partial charge in [-0.2, -0.15) is 0 Å². The van der Waals surface area contributed by atoms with Crippen LogP contribution in [0.3, 0.4) is 0 Å². The van der Waals surface area contributed by atoms with Gasteiger partial charge in [-0.3, -0.25) is 0 Å². The topological polar surface area (TPSA) is 41.0 Å². The molecule has 2 heterocycles. The summed E-state index contributed by atoms with van der Waals surface area (Å²) < 4.78 is 8.41. The molecule has 0 radical (unpaired) electrons. The number of hydrogen-bond donors (Lipinski definition) is 0. The van der Waals surface area contributed by atoms with E-state index in [9.17, 15) is 4.79 Å². The molecule has 208 valence electrons. The Balaban J connectivity index is 2.07. The van der Waals surface area contributed by atoms with Crippen LogP contribution in [-0.2, 0) is 11.2 Å². The third kappa shape index (κ3) is 6.03. The Morgan fingerprint density at radius 1 is 0.973 bits per heavy atom. The van der Waals surface area contributed by atoms with Crippen LogP contribution < -0.4 is 4.90 Å². The Bertz CT molecular complexity index is 1040. The summed E-state index contributed by atoms with van der Waals surface area (Å²) in [6, 6.07) is 6.88. The van der Waals surface area contributed by atoms with Gasteiger partial charge in [0.05, 0.1) is 0 Å². The van der Waals surface area contributed by atoms with Gasteiger partial charge in [0, 0.05) is 49.3 Å². The van der Waals surface area contributed by atoms with Gasteiger partial charge in [-0.05, 0) is 81.8 Å². The molecule has 0 atom stereocenters. The highest BCUT2D eigenvalue weighted by atomic mass is 28.3. The third-order valence-corrected chi connectivity index (χ3v) is 14.9. The van der Waals surface area contributed by atoms with Gasteiger partial charge in [0.15, 0.2) is 8.24 Å². The van der Waals surface area contributed by atoms with Crippen LogP contribution in [0.5, 0.6) is 0 Å². The highest BCUT2D eigenvalue weighted by Gasteiger charge is 2.46. The summed E-state index contributed by atoms with van der Waals surface area (Å²) in [5.41, 5.74) is 5.58. The van der Waals surface area contributed by atoms with Gasteiger partial charge in [-0.15, -0.1) is 0 Å². The van der Waals surface area contributed by atoms with Gasteiger partial charge in [-0.1, -0.05) is 47.6 Å². The fourth-order valence-electron chi connectivity index (χ4n) is 6.76. The van der Waals surface area contributed by atoms with E-state index < -0.39 is 13.8 Å². The van der Waals surface area contributed by atoms with Gasteiger partial charge < -0.3 is 23.7 Å². The second-order valence-electron chi connectivity index (χ2n) is 13.1. The van der Waals surface area contributed by atoms with Crippen molar-refractivity contribution in [2.75, 3.05) is 51.7 Å². The van der Waals surface area contributed by atoms with Gasteiger partial charge in [0.25, 0.3) is 0 Å². The summed E-state index contributed by atoms with van der Waals surface area (Å²) in [5.74, 6) is 0. The Morgan fingerprint density at radius 2 is 1.54 bits per heavy atom. The molecule has 1 aliphatic rings. The molecule has 1 aromatic carbocycles. The standard InChI is InChI=1S/C30H52N4O2Si/c1-22(2)37(23(3)4,24(5)6)34-21-25(15-16-31(10)11)28-26(13-12-14-27(28)34)32-17-19-33(20-18-32)29(35)36-30(7,8)9/h12-14,21-24H,15-20H2,1-11H3. The van der Waals surface area contributed by atoms with Crippen LogP contribution in [0, 0.1) is 0 Å². The summed E-state index contributed by atoms with van der Waals surface area (Å²) in [7, 11) is 2.41. The molecule has 0 N–H and O–H groups in total. The number of hydrogen-bond acceptors (Lipinski definition) is 4. The fourth-order valence-corrected chi connectivity index (χ4v) is 13.4. The summed E-state index contributed by atoms with van der Waals surface area (Å²) in [5, 5.41) is 1.41. The van der Waals surface area contributed by atoms with E-state index in [0.29, 0.717) is 29.7 Å². The highest BCUT2D eigenvalue weighted by molar-refractivity contribution is 6.82. The summed E-state index contributed by atoms with van der Waals surface area (Å²) >= 11 is 0. The number of amides is 1. The van der Waals surface area contributed by atoms with Crippen molar-refractivity contribution in [3.63, 3.8) is 0 Å². The first-order valence-corrected chi connectivity index (χ1v) is 16.4. The molecule has 0 bridgehead atoms. The molecular weight excluding hydrogens is 476 g/mol. The molecule has 1 amide bonds. The van der Waals surface area contributed by atoms with Crippen molar-refractivity contribution in [3.8, 4) is 0 Å². The third-order valence-electron chi connectivity index (χ3n) is 8.18. The molecule has 2 aromatic rings. The number of rotatable bonds is 8. The maximum absolute atomic E-state index is 12.7. The molecule has 0 saturated carbocycles. The SMILES string of the molecule is CC(C)[Si](C(C)C)(C(C)C)n1cc(CCN(C)C)c2c(N3CCN(C(=O)OC(C)(C)C)CC3)cccc21. The molecule has 0 spiro atoms. The Hall–Kier alpha value is -1.99. The number of likely N-dealkylation sites (N-methyl/N-ethyl adjacent to an activating group) is 1. The number of carbonyl (C=O) groups excluding carboxylic acids is 1. The maximum Gasteiger partial charge on any atom is 0.410 e. The maximum atomic E-state index is 12.7. The summed E-state index contributed by atoms with van der Waals surface area (Å²) in [4.78, 5) is 19.3. The van der Waals surface area contributed by atoms with E-state index >= 15 is 0 Å². The largest absolute Gasteiger partial charge is 0.444 e. The van der Waals surface area contributed by atoms with Crippen molar-refractivity contribution < 1.29 is 9.53 Å². The minimum Gasteiger partial charge on any atom is -0.444 e. The van der Waals surface area contributed by atoms with Gasteiger partial charge in [0.1, 0.15) is 5.60 Å². The van der Waals surface area contributed by atoms with E-state index in [1.54, 1.807) is 0 Å². The smallest absolute Gasteiger partial charge is 0.410 e. The van der Waals surface area contributed by atoms with Crippen molar-refractivity contribution >= 4 is 30.9 Å². The molecule has 7 heteroatoms. The van der Waals surface area contributed by atoms with E-state index in [1.165, 1.54) is 22.2 Å². The number of fused-ring (bicyclic) bond motifs is 1. The van der Waals surface area contributed by atoms with Crippen molar-refractivity contribution in [3.05, 3.63) is 30.0 Å². The minimum absolute atomic E-state index is 0.204. The van der Waals surface area contributed by atoms with Crippen molar-refractivity contribution in [2.45, 2.75) is 91.0 Å². The first-order valence-electron chi connectivity index (χ1n) is 14.2. The Labute approximate surface area is 227 Å². The molecule has 1 aromatic heterocycles. The lowest BCUT2D eigenvalue weighted by molar-refractivity contribution is 0.0240. The van der Waals surface area contributed by atoms with Gasteiger partial charge >= 0.3 is 6.09 Å². The van der Waals surface area contributed by atoms with Crippen LogP contribution >= 0.6 is 0 Å². The van der Waals surface area contributed by atoms with Crippen LogP contribution in [0.1, 0.15) is 67.9 Å². The second-order valence-corrected chi connectivity index (χ2v) is 18.8. The number of nitrogens with zero attached hydrogens (tertiary/aromatic N) is 4. The zero-order valence-electron chi connectivity index (χ0n) is 25.4. The summed E-state index contributed by atoms with van der Waals surface area (Å²) in [6.45, 7) is 24.5. The molecule has 0 aliphatic carbocycles. The lowest BCUT2D eigenvalue weighted by atomic mass is 10.1. The Morgan fingerprint density at radius 3 is 2.03 bits per heavy atom. The van der Waals surface area contributed by atoms with Crippen molar-refractivity contribution in [1.82, 2.24) is 14.0 Å². The Kier molecular flexibility index (Phi) is 9.11. The van der Waals surface area contributed by atoms with Crippen molar-refractivity contribution in [1.29, 1.82) is 0 Å². The first-order chi connectivity index (χ1) is 17.2. The lowest BCUT2D eigenvalue weighted by Crippen LogP contribution is -2.51. The normalized spacial score (nSPS) is 15.6. The number of anilines is 1. The predicted molar refractivity (Wildman–Crippen MR) is 161 cm³/mol. The number of carbonyl (C=O) groups is 1. The molecule has 37 heavy (non-hydrogen) atoms. The predicted octanol–water partition coefficient (Wildman–Crippen LogP) is 6.83. The number of piperazine rings is 1. The number of benzene rings is 1. The number of ether oxygens (including phenoxy) is 1. The van der Waals surface area contributed by atoms with Crippen LogP contribution in [0.4, 0.5) is 10.5 Å². The van der Waals surface area contributed by atoms with E-state index in [2.05, 4.69) is 94.1 Å². The second kappa shape index (κ2) is 11.4. The molecule has 0 unspecified atom stereocenters. The van der Waals surface area contributed by atoms with Crippen LogP contribution in [-0.4, -0.2) is 80.8 Å². The molecule has 6 nitrogen and oxygen atoms in total. The monoisotopic (exact) mass is 528 g/mol. The molecule has 3 rings (SSSR count). The quantitative estimate of drug-likeness (QED) is 0.352. The zero-order valence-corrected chi connectivity index (χ0v) is 26.4. The fraction of sp³-hybridized carbons (Fsp3) is 0.700. The minimum atomic E-state index is -1.91. The van der Waals surface area contributed by atoms with Crippen molar-refractivity contribution in [2.24, 2.45) is 0 Å². The molecule has 1 fully saturated rings. The van der Waals surface area contributed by atoms with E-state index in [-0.39, 0.29) is 6.09 Å². The highest BCUT2D eigenvalue weighted by Crippen LogP contribution is 2.46. The lowest BCUT2D eigenvalue weighted by Gasteiger charge is -2.44. The zero-order chi connectivity index (χ0) is 27.7. The molecule has 1 saturated heterocycles. The molecule has 1 aliphatic heterocycles. The van der Waals surface area contributed by atoms with E-state index in [4.69, 9.17) is 4.74 Å². The average Bonchev–Trinajstić information content (AvgIpc) is 3.15. The molecular formula is C30H52N4O2Si. The van der Waals surface area contributed by atoms with Crippen LogP contribution in [0.15, 0.2) is 24.4 Å². The van der Waals surface area contributed by atoms with E-state index in [0.717, 1.165) is 26.1 Å². The summed E-state index contributed by atoms with van der Waals surface area (Å²) in [6.07, 6.45) is 3.36. The number of aromatic nitrogens is 1. The van der Waals surface area contributed by atoms with Gasteiger partial charge in [0.2, 0.25) is 0 Å². The first kappa shape index (κ1) is 29.6. The van der Waals surface area contributed by atoms with Crippen LogP contribution in [0.25, 0.3) is 10.9 Å². The van der Waals surface area contributed by atoms with E-state index in [1.807, 2.05) is 25.7 Å². The van der Waals surface area contributed by atoms with Crippen LogP contribution in [0.2, 0.25) is 16.6 Å².